The summed E-state index contributed by atoms with van der Waals surface area (Å²) in [5, 5.41) is 0. The van der Waals surface area contributed by atoms with E-state index in [9.17, 15) is 9.59 Å². The van der Waals surface area contributed by atoms with Gasteiger partial charge in [-0.25, -0.2) is 4.79 Å². The molecule has 98 valence electrons. The summed E-state index contributed by atoms with van der Waals surface area (Å²) in [7, 11) is 1.80. The van der Waals surface area contributed by atoms with Crippen LogP contribution in [-0.2, 0) is 4.79 Å². The van der Waals surface area contributed by atoms with E-state index in [-0.39, 0.29) is 29.7 Å². The zero-order valence-electron chi connectivity index (χ0n) is 11.6. The minimum Gasteiger partial charge on any atom is -0.328 e. The predicted octanol–water partition coefficient (Wildman–Crippen LogP) is 1.99. The molecule has 1 aliphatic rings. The van der Waals surface area contributed by atoms with Crippen molar-refractivity contribution in [3.63, 3.8) is 0 Å². The highest BCUT2D eigenvalue weighted by Crippen LogP contribution is 2.20. The van der Waals surface area contributed by atoms with Gasteiger partial charge in [-0.05, 0) is 12.3 Å². The highest BCUT2D eigenvalue weighted by Gasteiger charge is 2.36. The summed E-state index contributed by atoms with van der Waals surface area (Å²) in [6, 6.07) is -0.283. The molecule has 1 saturated heterocycles. The summed E-state index contributed by atoms with van der Waals surface area (Å²) < 4.78 is 0. The van der Waals surface area contributed by atoms with E-state index >= 15 is 0 Å². The van der Waals surface area contributed by atoms with Gasteiger partial charge in [0.15, 0.2) is 5.78 Å². The molecule has 0 aliphatic carbocycles. The molecule has 4 heteroatoms. The van der Waals surface area contributed by atoms with E-state index in [1.165, 1.54) is 0 Å². The third kappa shape index (κ3) is 2.99. The molecule has 0 N–H and O–H groups in total. The molecule has 0 saturated carbocycles. The van der Waals surface area contributed by atoms with E-state index in [1.54, 1.807) is 16.8 Å². The maximum atomic E-state index is 12.2. The van der Waals surface area contributed by atoms with Crippen molar-refractivity contribution >= 4 is 11.8 Å². The summed E-state index contributed by atoms with van der Waals surface area (Å²) in [4.78, 5) is 27.8. The van der Waals surface area contributed by atoms with Gasteiger partial charge >= 0.3 is 6.03 Å². The Hall–Kier alpha value is -1.06. The van der Waals surface area contributed by atoms with Crippen molar-refractivity contribution in [1.82, 2.24) is 9.80 Å². The van der Waals surface area contributed by atoms with Crippen LogP contribution in [0.4, 0.5) is 4.79 Å². The molecule has 0 aromatic rings. The monoisotopic (exact) mass is 240 g/mol. The van der Waals surface area contributed by atoms with Crippen LogP contribution in [0.2, 0.25) is 0 Å². The molecule has 0 bridgehead atoms. The van der Waals surface area contributed by atoms with E-state index in [0.717, 1.165) is 13.0 Å². The molecule has 2 amide bonds. The van der Waals surface area contributed by atoms with E-state index < -0.39 is 0 Å². The molecule has 1 aliphatic heterocycles. The van der Waals surface area contributed by atoms with Gasteiger partial charge in [0.05, 0.1) is 6.04 Å². The highest BCUT2D eigenvalue weighted by molar-refractivity contribution is 5.90. The number of hydrogen-bond donors (Lipinski definition) is 0. The second-order valence-electron chi connectivity index (χ2n) is 5.50. The molecule has 0 spiro atoms. The zero-order valence-corrected chi connectivity index (χ0v) is 11.6. The van der Waals surface area contributed by atoms with E-state index in [2.05, 4.69) is 0 Å². The Balaban J connectivity index is 2.90. The lowest BCUT2D eigenvalue weighted by Gasteiger charge is -2.40. The van der Waals surface area contributed by atoms with Gasteiger partial charge < -0.3 is 9.80 Å². The number of ketones is 1. The van der Waals surface area contributed by atoms with E-state index in [1.807, 2.05) is 27.7 Å². The molecule has 0 radical (unpaired) electrons. The smallest absolute Gasteiger partial charge is 0.320 e. The molecule has 1 atom stereocenters. The van der Waals surface area contributed by atoms with Crippen molar-refractivity contribution in [2.75, 3.05) is 20.1 Å². The standard InChI is InChI=1S/C13H24N2O2/c1-9(2)11(12(16)10(3)4)15-8-6-7-14(5)13(15)17/h9-11H,6-8H2,1-5H3/t11-/m0/s1. The average molecular weight is 240 g/mol. The summed E-state index contributed by atoms with van der Waals surface area (Å²) in [5.74, 6) is 0.312. The first-order valence-corrected chi connectivity index (χ1v) is 6.41. The first kappa shape index (κ1) is 14.0. The van der Waals surface area contributed by atoms with Crippen LogP contribution in [0.25, 0.3) is 0 Å². The second-order valence-corrected chi connectivity index (χ2v) is 5.50. The van der Waals surface area contributed by atoms with Crippen molar-refractivity contribution in [1.29, 1.82) is 0 Å². The minimum absolute atomic E-state index is 0.0102. The zero-order chi connectivity index (χ0) is 13.2. The lowest BCUT2D eigenvalue weighted by Crippen LogP contribution is -2.56. The fourth-order valence-electron chi connectivity index (χ4n) is 2.33. The van der Waals surface area contributed by atoms with Gasteiger partial charge in [0, 0.05) is 26.1 Å². The number of Topliss-reactive ketones (excluding diaryl/α,β-unsaturated/α-hetero) is 1. The van der Waals surface area contributed by atoms with Crippen LogP contribution in [-0.4, -0.2) is 47.8 Å². The molecule has 17 heavy (non-hydrogen) atoms. The van der Waals surface area contributed by atoms with Crippen LogP contribution in [0.5, 0.6) is 0 Å². The molecule has 0 aromatic carbocycles. The third-order valence-corrected chi connectivity index (χ3v) is 3.29. The van der Waals surface area contributed by atoms with Crippen LogP contribution in [0.1, 0.15) is 34.1 Å². The predicted molar refractivity (Wildman–Crippen MR) is 67.8 cm³/mol. The summed E-state index contributed by atoms with van der Waals surface area (Å²) in [6.07, 6.45) is 0.941. The second kappa shape index (κ2) is 5.52. The topological polar surface area (TPSA) is 40.6 Å². The van der Waals surface area contributed by atoms with Gasteiger partial charge in [0.2, 0.25) is 0 Å². The molecule has 0 unspecified atom stereocenters. The quantitative estimate of drug-likeness (QED) is 0.754. The van der Waals surface area contributed by atoms with Crippen LogP contribution in [0, 0.1) is 11.8 Å². The molecule has 1 rings (SSSR count). The lowest BCUT2D eigenvalue weighted by molar-refractivity contribution is -0.128. The number of carbonyl (C=O) groups is 2. The summed E-state index contributed by atoms with van der Waals surface area (Å²) >= 11 is 0. The largest absolute Gasteiger partial charge is 0.328 e. The van der Waals surface area contributed by atoms with Crippen LogP contribution >= 0.6 is 0 Å². The Kier molecular flexibility index (Phi) is 4.54. The van der Waals surface area contributed by atoms with Crippen molar-refractivity contribution in [3.8, 4) is 0 Å². The maximum absolute atomic E-state index is 12.2. The number of urea groups is 1. The number of rotatable bonds is 4. The Morgan fingerprint density at radius 1 is 1.18 bits per heavy atom. The van der Waals surface area contributed by atoms with Gasteiger partial charge in [0.1, 0.15) is 0 Å². The fourth-order valence-corrected chi connectivity index (χ4v) is 2.33. The SMILES string of the molecule is CC(C)C(=O)[C@H](C(C)C)N1CCCN(C)C1=O. The fraction of sp³-hybridized carbons (Fsp3) is 0.846. The Labute approximate surface area is 104 Å². The molecule has 1 heterocycles. The normalized spacial score (nSPS) is 19.1. The first-order chi connectivity index (χ1) is 7.86. The van der Waals surface area contributed by atoms with Gasteiger partial charge in [-0.15, -0.1) is 0 Å². The van der Waals surface area contributed by atoms with Gasteiger partial charge in [-0.3, -0.25) is 4.79 Å². The average Bonchev–Trinajstić information content (AvgIpc) is 2.23. The molecule has 4 nitrogen and oxygen atoms in total. The van der Waals surface area contributed by atoms with Crippen molar-refractivity contribution in [2.45, 2.75) is 40.2 Å². The van der Waals surface area contributed by atoms with E-state index in [4.69, 9.17) is 0 Å². The molecular weight excluding hydrogens is 216 g/mol. The number of nitrogens with zero attached hydrogens (tertiary/aromatic N) is 2. The molecular formula is C13H24N2O2. The Bertz CT molecular complexity index is 300. The highest BCUT2D eigenvalue weighted by atomic mass is 16.2. The van der Waals surface area contributed by atoms with Crippen LogP contribution in [0.3, 0.4) is 0 Å². The summed E-state index contributed by atoms with van der Waals surface area (Å²) in [6.45, 7) is 9.30. The maximum Gasteiger partial charge on any atom is 0.320 e. The third-order valence-electron chi connectivity index (χ3n) is 3.29. The van der Waals surface area contributed by atoms with Crippen molar-refractivity contribution in [2.24, 2.45) is 11.8 Å². The lowest BCUT2D eigenvalue weighted by atomic mass is 9.91. The van der Waals surface area contributed by atoms with Crippen molar-refractivity contribution in [3.05, 3.63) is 0 Å². The number of amides is 2. The summed E-state index contributed by atoms with van der Waals surface area (Å²) in [5.41, 5.74) is 0. The molecule has 0 aromatic heterocycles. The Morgan fingerprint density at radius 2 is 1.76 bits per heavy atom. The van der Waals surface area contributed by atoms with Gasteiger partial charge in [-0.2, -0.15) is 0 Å². The Morgan fingerprint density at radius 3 is 2.24 bits per heavy atom. The first-order valence-electron chi connectivity index (χ1n) is 6.41. The number of carbonyl (C=O) groups excluding carboxylic acids is 2. The van der Waals surface area contributed by atoms with Crippen LogP contribution in [0.15, 0.2) is 0 Å². The minimum atomic E-state index is -0.273. The number of hydrogen-bond acceptors (Lipinski definition) is 2. The van der Waals surface area contributed by atoms with Gasteiger partial charge in [0.25, 0.3) is 0 Å². The van der Waals surface area contributed by atoms with Crippen molar-refractivity contribution < 1.29 is 9.59 Å². The van der Waals surface area contributed by atoms with Gasteiger partial charge in [-0.1, -0.05) is 27.7 Å². The van der Waals surface area contributed by atoms with E-state index in [0.29, 0.717) is 6.54 Å². The van der Waals surface area contributed by atoms with Crippen LogP contribution < -0.4 is 0 Å². The molecule has 1 fully saturated rings.